The van der Waals surface area contributed by atoms with Gasteiger partial charge in [0.25, 0.3) is 0 Å². The number of ether oxygens (including phenoxy) is 1. The number of benzene rings is 1. The first-order valence-corrected chi connectivity index (χ1v) is 8.02. The van der Waals surface area contributed by atoms with Gasteiger partial charge in [-0.3, -0.25) is 4.79 Å². The molecule has 112 valence electrons. The fourth-order valence-electron chi connectivity index (χ4n) is 1.64. The number of carbonyl (C=O) groups excluding carboxylic acids is 1. The van der Waals surface area contributed by atoms with Gasteiger partial charge in [-0.05, 0) is 30.5 Å². The van der Waals surface area contributed by atoms with Crippen LogP contribution in [0.1, 0.15) is 18.4 Å². The van der Waals surface area contributed by atoms with Gasteiger partial charge < -0.3 is 10.1 Å². The zero-order chi connectivity index (χ0) is 15.0. The van der Waals surface area contributed by atoms with Crippen molar-refractivity contribution in [2.24, 2.45) is 5.14 Å². The van der Waals surface area contributed by atoms with Gasteiger partial charge >= 0.3 is 0 Å². The van der Waals surface area contributed by atoms with Crippen molar-refractivity contribution in [3.63, 3.8) is 0 Å². The molecular formula is C13H20N2O4S. The van der Waals surface area contributed by atoms with E-state index in [0.29, 0.717) is 25.8 Å². The molecule has 0 spiro atoms. The maximum Gasteiger partial charge on any atom is 0.220 e. The Bertz CT molecular complexity index is 526. The van der Waals surface area contributed by atoms with Crippen molar-refractivity contribution in [2.45, 2.75) is 19.3 Å². The third-order valence-electron chi connectivity index (χ3n) is 2.73. The van der Waals surface area contributed by atoms with Crippen molar-refractivity contribution < 1.29 is 17.9 Å². The second kappa shape index (κ2) is 7.86. The van der Waals surface area contributed by atoms with E-state index in [9.17, 15) is 13.2 Å². The third-order valence-corrected chi connectivity index (χ3v) is 3.59. The van der Waals surface area contributed by atoms with E-state index >= 15 is 0 Å². The lowest BCUT2D eigenvalue weighted by Gasteiger charge is -2.05. The van der Waals surface area contributed by atoms with Crippen LogP contribution in [0.5, 0.6) is 5.75 Å². The predicted octanol–water partition coefficient (Wildman–Crippen LogP) is 0.423. The van der Waals surface area contributed by atoms with Gasteiger partial charge in [-0.1, -0.05) is 12.1 Å². The number of primary sulfonamides is 1. The molecule has 0 bridgehead atoms. The molecule has 1 aromatic rings. The monoisotopic (exact) mass is 300 g/mol. The Morgan fingerprint density at radius 3 is 2.50 bits per heavy atom. The number of methoxy groups -OCH3 is 1. The zero-order valence-corrected chi connectivity index (χ0v) is 12.3. The molecule has 1 rings (SSSR count). The molecule has 3 N–H and O–H groups in total. The summed E-state index contributed by atoms with van der Waals surface area (Å²) in [7, 11) is -1.85. The maximum absolute atomic E-state index is 11.5. The predicted molar refractivity (Wildman–Crippen MR) is 76.9 cm³/mol. The van der Waals surface area contributed by atoms with E-state index in [4.69, 9.17) is 9.88 Å². The summed E-state index contributed by atoms with van der Waals surface area (Å²) in [5.74, 6) is 0.558. The molecule has 0 aromatic heterocycles. The number of nitrogens with one attached hydrogen (secondary N) is 1. The SMILES string of the molecule is COc1ccc(CCC(=O)NCCCS(N)(=O)=O)cc1. The third kappa shape index (κ3) is 7.10. The van der Waals surface area contributed by atoms with Gasteiger partial charge in [0.1, 0.15) is 5.75 Å². The Labute approximate surface area is 119 Å². The van der Waals surface area contributed by atoms with Crippen LogP contribution in [-0.2, 0) is 21.2 Å². The van der Waals surface area contributed by atoms with E-state index in [1.54, 1.807) is 7.11 Å². The Morgan fingerprint density at radius 2 is 1.95 bits per heavy atom. The van der Waals surface area contributed by atoms with E-state index in [1.807, 2.05) is 24.3 Å². The lowest BCUT2D eigenvalue weighted by molar-refractivity contribution is -0.121. The molecule has 0 radical (unpaired) electrons. The van der Waals surface area contributed by atoms with Crippen LogP contribution in [0.3, 0.4) is 0 Å². The summed E-state index contributed by atoms with van der Waals surface area (Å²) in [5, 5.41) is 7.52. The molecule has 0 atom stereocenters. The standard InChI is InChI=1S/C13H20N2O4S/c1-19-12-6-3-11(4-7-12)5-8-13(16)15-9-2-10-20(14,17)18/h3-4,6-7H,2,5,8-10H2,1H3,(H,15,16)(H2,14,17,18). The highest BCUT2D eigenvalue weighted by atomic mass is 32.2. The molecule has 20 heavy (non-hydrogen) atoms. The Morgan fingerprint density at radius 1 is 1.30 bits per heavy atom. The van der Waals surface area contributed by atoms with Crippen LogP contribution in [0, 0.1) is 0 Å². The first-order chi connectivity index (χ1) is 9.40. The van der Waals surface area contributed by atoms with Crippen LogP contribution in [0.4, 0.5) is 0 Å². The second-order valence-electron chi connectivity index (χ2n) is 4.42. The van der Waals surface area contributed by atoms with Crippen LogP contribution < -0.4 is 15.2 Å². The minimum atomic E-state index is -3.45. The first kappa shape index (κ1) is 16.5. The van der Waals surface area contributed by atoms with E-state index in [1.165, 1.54) is 0 Å². The fourth-order valence-corrected chi connectivity index (χ4v) is 2.19. The Balaban J connectivity index is 2.22. The van der Waals surface area contributed by atoms with Gasteiger partial charge in [-0.25, -0.2) is 13.6 Å². The van der Waals surface area contributed by atoms with Crippen LogP contribution in [0.15, 0.2) is 24.3 Å². The zero-order valence-electron chi connectivity index (χ0n) is 11.5. The molecule has 0 aliphatic rings. The summed E-state index contributed by atoms with van der Waals surface area (Å²) in [4.78, 5) is 11.5. The summed E-state index contributed by atoms with van der Waals surface area (Å²) in [6, 6.07) is 7.51. The summed E-state index contributed by atoms with van der Waals surface area (Å²) in [5.41, 5.74) is 1.05. The van der Waals surface area contributed by atoms with E-state index in [2.05, 4.69) is 5.32 Å². The molecule has 0 saturated heterocycles. The number of amides is 1. The number of rotatable bonds is 8. The molecule has 6 nitrogen and oxygen atoms in total. The minimum absolute atomic E-state index is 0.102. The van der Waals surface area contributed by atoms with Crippen LogP contribution in [-0.4, -0.2) is 33.7 Å². The molecule has 0 heterocycles. The highest BCUT2D eigenvalue weighted by Gasteiger charge is 2.05. The molecule has 0 unspecified atom stereocenters. The van der Waals surface area contributed by atoms with E-state index in [-0.39, 0.29) is 11.7 Å². The van der Waals surface area contributed by atoms with Crippen LogP contribution >= 0.6 is 0 Å². The van der Waals surface area contributed by atoms with Crippen molar-refractivity contribution in [3.05, 3.63) is 29.8 Å². The number of nitrogens with two attached hydrogens (primary N) is 1. The second-order valence-corrected chi connectivity index (χ2v) is 6.15. The minimum Gasteiger partial charge on any atom is -0.497 e. The summed E-state index contributed by atoms with van der Waals surface area (Å²) < 4.78 is 26.4. The summed E-state index contributed by atoms with van der Waals surface area (Å²) >= 11 is 0. The molecular weight excluding hydrogens is 280 g/mol. The van der Waals surface area contributed by atoms with Crippen molar-refractivity contribution in [2.75, 3.05) is 19.4 Å². The number of aryl methyl sites for hydroxylation is 1. The van der Waals surface area contributed by atoms with E-state index < -0.39 is 10.0 Å². The number of hydrogen-bond donors (Lipinski definition) is 2. The lowest BCUT2D eigenvalue weighted by atomic mass is 10.1. The van der Waals surface area contributed by atoms with Gasteiger partial charge in [-0.2, -0.15) is 0 Å². The van der Waals surface area contributed by atoms with Gasteiger partial charge in [0, 0.05) is 13.0 Å². The van der Waals surface area contributed by atoms with Crippen molar-refractivity contribution in [1.82, 2.24) is 5.32 Å². The van der Waals surface area contributed by atoms with E-state index in [0.717, 1.165) is 11.3 Å². The highest BCUT2D eigenvalue weighted by Crippen LogP contribution is 2.12. The summed E-state index contributed by atoms with van der Waals surface area (Å²) in [6.45, 7) is 0.317. The van der Waals surface area contributed by atoms with Gasteiger partial charge in [0.2, 0.25) is 15.9 Å². The topological polar surface area (TPSA) is 98.5 Å². The van der Waals surface area contributed by atoms with Gasteiger partial charge in [0.05, 0.1) is 12.9 Å². The Kier molecular flexibility index (Phi) is 6.47. The van der Waals surface area contributed by atoms with Crippen molar-refractivity contribution in [1.29, 1.82) is 0 Å². The molecule has 1 aromatic carbocycles. The normalized spacial score (nSPS) is 11.1. The average molecular weight is 300 g/mol. The van der Waals surface area contributed by atoms with Gasteiger partial charge in [-0.15, -0.1) is 0 Å². The van der Waals surface area contributed by atoms with Crippen molar-refractivity contribution in [3.8, 4) is 5.75 Å². The first-order valence-electron chi connectivity index (χ1n) is 6.31. The van der Waals surface area contributed by atoms with Crippen LogP contribution in [0.2, 0.25) is 0 Å². The van der Waals surface area contributed by atoms with Gasteiger partial charge in [0.15, 0.2) is 0 Å². The lowest BCUT2D eigenvalue weighted by Crippen LogP contribution is -2.27. The quantitative estimate of drug-likeness (QED) is 0.680. The van der Waals surface area contributed by atoms with Crippen molar-refractivity contribution >= 4 is 15.9 Å². The Hall–Kier alpha value is -1.60. The smallest absolute Gasteiger partial charge is 0.220 e. The molecule has 7 heteroatoms. The highest BCUT2D eigenvalue weighted by molar-refractivity contribution is 7.89. The largest absolute Gasteiger partial charge is 0.497 e. The maximum atomic E-state index is 11.5. The fraction of sp³-hybridized carbons (Fsp3) is 0.462. The summed E-state index contributed by atoms with van der Waals surface area (Å²) in [6.07, 6.45) is 1.32. The van der Waals surface area contributed by atoms with Crippen LogP contribution in [0.25, 0.3) is 0 Å². The number of sulfonamides is 1. The molecule has 0 fully saturated rings. The number of hydrogen-bond acceptors (Lipinski definition) is 4. The molecule has 0 aliphatic carbocycles. The molecule has 0 saturated carbocycles. The molecule has 0 aliphatic heterocycles. The average Bonchev–Trinajstić information content (AvgIpc) is 2.41. The molecule has 1 amide bonds. The number of carbonyl (C=O) groups is 1.